The average molecular weight is 397 g/mol. The summed E-state index contributed by atoms with van der Waals surface area (Å²) < 4.78 is 7.43. The highest BCUT2D eigenvalue weighted by Gasteiger charge is 2.39. The van der Waals surface area contributed by atoms with Gasteiger partial charge in [-0.25, -0.2) is 4.68 Å². The fourth-order valence-electron chi connectivity index (χ4n) is 4.98. The van der Waals surface area contributed by atoms with Crippen LogP contribution in [0, 0.1) is 13.8 Å². The van der Waals surface area contributed by atoms with Gasteiger partial charge in [0.2, 0.25) is 0 Å². The summed E-state index contributed by atoms with van der Waals surface area (Å²) in [7, 11) is 0. The van der Waals surface area contributed by atoms with E-state index < -0.39 is 0 Å². The van der Waals surface area contributed by atoms with E-state index in [1.807, 2.05) is 48.9 Å². The minimum Gasteiger partial charge on any atom is -0.379 e. The second-order valence-electron chi connectivity index (χ2n) is 8.36. The number of ether oxygens (including phenoxy) is 1. The van der Waals surface area contributed by atoms with E-state index in [0.29, 0.717) is 12.1 Å². The molecule has 0 unspecified atom stereocenters. The first-order valence-corrected chi connectivity index (χ1v) is 10.8. The fourth-order valence-corrected chi connectivity index (χ4v) is 4.98. The summed E-state index contributed by atoms with van der Waals surface area (Å²) in [5.41, 5.74) is 3.39. The topological polar surface area (TPSA) is 59.4 Å². The van der Waals surface area contributed by atoms with Crippen molar-refractivity contribution in [2.24, 2.45) is 0 Å². The lowest BCUT2D eigenvalue weighted by Gasteiger charge is -2.48. The van der Waals surface area contributed by atoms with Crippen LogP contribution in [-0.4, -0.2) is 59.0 Å². The Morgan fingerprint density at radius 1 is 1.10 bits per heavy atom. The smallest absolute Gasteiger partial charge is 0.255 e. The maximum atomic E-state index is 13.2. The summed E-state index contributed by atoms with van der Waals surface area (Å²) in [4.78, 5) is 15.7. The molecule has 1 amide bonds. The van der Waals surface area contributed by atoms with Crippen molar-refractivity contribution in [3.05, 3.63) is 47.3 Å². The van der Waals surface area contributed by atoms with Crippen molar-refractivity contribution in [1.82, 2.24) is 20.0 Å². The monoisotopic (exact) mass is 396 g/mol. The van der Waals surface area contributed by atoms with Crippen molar-refractivity contribution in [3.8, 4) is 5.69 Å². The quantitative estimate of drug-likeness (QED) is 0.843. The maximum Gasteiger partial charge on any atom is 0.255 e. The number of nitrogens with one attached hydrogen (secondary N) is 1. The lowest BCUT2D eigenvalue weighted by Crippen LogP contribution is -2.59. The van der Waals surface area contributed by atoms with Gasteiger partial charge in [0.15, 0.2) is 0 Å². The van der Waals surface area contributed by atoms with Crippen molar-refractivity contribution < 1.29 is 9.53 Å². The zero-order valence-corrected chi connectivity index (χ0v) is 17.6. The highest BCUT2D eigenvalue weighted by molar-refractivity contribution is 5.96. The number of amides is 1. The molecule has 2 fully saturated rings. The maximum absolute atomic E-state index is 13.2. The zero-order valence-electron chi connectivity index (χ0n) is 17.6. The molecule has 1 N–H and O–H groups in total. The third kappa shape index (κ3) is 4.09. The lowest BCUT2D eigenvalue weighted by molar-refractivity contribution is -0.0361. The van der Waals surface area contributed by atoms with E-state index in [0.717, 1.165) is 56.2 Å². The van der Waals surface area contributed by atoms with E-state index in [9.17, 15) is 4.79 Å². The first-order valence-electron chi connectivity index (χ1n) is 10.8. The Morgan fingerprint density at radius 3 is 2.48 bits per heavy atom. The minimum atomic E-state index is -0.0135. The Hall–Kier alpha value is -2.18. The van der Waals surface area contributed by atoms with E-state index in [-0.39, 0.29) is 11.4 Å². The molecule has 1 saturated heterocycles. The molecule has 29 heavy (non-hydrogen) atoms. The van der Waals surface area contributed by atoms with Crippen LogP contribution in [0.3, 0.4) is 0 Å². The molecule has 2 heterocycles. The Labute approximate surface area is 173 Å². The van der Waals surface area contributed by atoms with Crippen LogP contribution in [0.5, 0.6) is 0 Å². The molecule has 1 saturated carbocycles. The van der Waals surface area contributed by atoms with E-state index in [4.69, 9.17) is 4.74 Å². The van der Waals surface area contributed by atoms with Crippen molar-refractivity contribution in [1.29, 1.82) is 0 Å². The number of hydrogen-bond donors (Lipinski definition) is 1. The number of nitrogens with zero attached hydrogens (tertiary/aromatic N) is 3. The summed E-state index contributed by atoms with van der Waals surface area (Å²) in [5, 5.41) is 7.91. The SMILES string of the molecule is Cc1nn(-c2ccccc2)c(C)c1C(=O)NCC1(N2CCOCC2)CCCCC1. The molecule has 2 aliphatic rings. The average Bonchev–Trinajstić information content (AvgIpc) is 3.08. The Morgan fingerprint density at radius 2 is 1.79 bits per heavy atom. The Balaban J connectivity index is 1.52. The third-order valence-electron chi connectivity index (χ3n) is 6.56. The Bertz CT molecular complexity index is 834. The van der Waals surface area contributed by atoms with Gasteiger partial charge in [0.05, 0.1) is 35.9 Å². The van der Waals surface area contributed by atoms with Crippen molar-refractivity contribution in [3.63, 3.8) is 0 Å². The molecule has 1 aromatic heterocycles. The number of aryl methyl sites for hydroxylation is 1. The number of para-hydroxylation sites is 1. The highest BCUT2D eigenvalue weighted by Crippen LogP contribution is 2.34. The number of carbonyl (C=O) groups excluding carboxylic acids is 1. The van der Waals surface area contributed by atoms with Gasteiger partial charge >= 0.3 is 0 Å². The molecule has 6 nitrogen and oxygen atoms in total. The normalized spacial score (nSPS) is 19.8. The molecule has 2 aromatic rings. The summed E-state index contributed by atoms with van der Waals surface area (Å²) in [5.74, 6) is -0.0135. The van der Waals surface area contributed by atoms with Crippen molar-refractivity contribution in [2.45, 2.75) is 51.5 Å². The third-order valence-corrected chi connectivity index (χ3v) is 6.56. The summed E-state index contributed by atoms with van der Waals surface area (Å²) >= 11 is 0. The number of morpholine rings is 1. The van der Waals surface area contributed by atoms with E-state index >= 15 is 0 Å². The number of benzene rings is 1. The molecule has 0 radical (unpaired) electrons. The van der Waals surface area contributed by atoms with Crippen LogP contribution in [0.15, 0.2) is 30.3 Å². The molecule has 1 aliphatic heterocycles. The number of carbonyl (C=O) groups is 1. The van der Waals surface area contributed by atoms with Crippen molar-refractivity contribution >= 4 is 5.91 Å². The zero-order chi connectivity index (χ0) is 20.3. The first-order chi connectivity index (χ1) is 14.1. The first kappa shape index (κ1) is 20.1. The number of aromatic nitrogens is 2. The summed E-state index contributed by atoms with van der Waals surface area (Å²) in [6.45, 7) is 8.08. The molecule has 4 rings (SSSR count). The molecule has 0 atom stereocenters. The summed E-state index contributed by atoms with van der Waals surface area (Å²) in [6, 6.07) is 9.98. The van der Waals surface area contributed by atoms with E-state index in [1.165, 1.54) is 19.3 Å². The van der Waals surface area contributed by atoms with E-state index in [1.54, 1.807) is 0 Å². The molecule has 1 aromatic carbocycles. The van der Waals surface area contributed by atoms with Crippen LogP contribution in [0.25, 0.3) is 5.69 Å². The fraction of sp³-hybridized carbons (Fsp3) is 0.565. The van der Waals surface area contributed by atoms with Gasteiger partial charge in [-0.1, -0.05) is 37.5 Å². The number of hydrogen-bond acceptors (Lipinski definition) is 4. The predicted octanol–water partition coefficient (Wildman–Crippen LogP) is 3.25. The molecule has 0 spiro atoms. The molecular formula is C23H32N4O2. The van der Waals surface area contributed by atoms with Crippen molar-refractivity contribution in [2.75, 3.05) is 32.8 Å². The van der Waals surface area contributed by atoms with Crippen LogP contribution in [0.2, 0.25) is 0 Å². The molecule has 1 aliphatic carbocycles. The van der Waals surface area contributed by atoms with Crippen LogP contribution >= 0.6 is 0 Å². The van der Waals surface area contributed by atoms with Crippen LogP contribution in [-0.2, 0) is 4.74 Å². The molecule has 6 heteroatoms. The van der Waals surface area contributed by atoms with Gasteiger partial charge in [-0.3, -0.25) is 9.69 Å². The molecular weight excluding hydrogens is 364 g/mol. The standard InChI is InChI=1S/C23H32N4O2/c1-18-21(19(2)27(25-18)20-9-5-3-6-10-20)22(28)24-17-23(11-7-4-8-12-23)26-13-15-29-16-14-26/h3,5-6,9-10H,4,7-8,11-17H2,1-2H3,(H,24,28). The second-order valence-corrected chi connectivity index (χ2v) is 8.36. The van der Waals surface area contributed by atoms with Gasteiger partial charge in [-0.05, 0) is 38.8 Å². The van der Waals surface area contributed by atoms with E-state index in [2.05, 4.69) is 15.3 Å². The lowest BCUT2D eigenvalue weighted by atomic mass is 9.79. The van der Waals surface area contributed by atoms with Gasteiger partial charge in [-0.2, -0.15) is 5.10 Å². The van der Waals surface area contributed by atoms with Crippen LogP contribution in [0.1, 0.15) is 53.8 Å². The van der Waals surface area contributed by atoms with Gasteiger partial charge in [0.1, 0.15) is 0 Å². The van der Waals surface area contributed by atoms with Gasteiger partial charge in [0.25, 0.3) is 5.91 Å². The Kier molecular flexibility index (Phi) is 6.01. The van der Waals surface area contributed by atoms with Gasteiger partial charge < -0.3 is 10.1 Å². The van der Waals surface area contributed by atoms with Crippen LogP contribution < -0.4 is 5.32 Å². The van der Waals surface area contributed by atoms with Gasteiger partial charge in [0, 0.05) is 25.2 Å². The minimum absolute atomic E-state index is 0.0135. The highest BCUT2D eigenvalue weighted by atomic mass is 16.5. The predicted molar refractivity (Wildman–Crippen MR) is 114 cm³/mol. The molecule has 0 bridgehead atoms. The summed E-state index contributed by atoms with van der Waals surface area (Å²) in [6.07, 6.45) is 6.06. The second kappa shape index (κ2) is 8.67. The largest absolute Gasteiger partial charge is 0.379 e. The van der Waals surface area contributed by atoms with Gasteiger partial charge in [-0.15, -0.1) is 0 Å². The van der Waals surface area contributed by atoms with Crippen LogP contribution in [0.4, 0.5) is 0 Å². The molecule has 156 valence electrons. The number of rotatable bonds is 5.